The molecule has 1 N–H and O–H groups in total. The number of rotatable bonds is 7. The lowest BCUT2D eigenvalue weighted by molar-refractivity contribution is -0.114. The van der Waals surface area contributed by atoms with Gasteiger partial charge in [-0.1, -0.05) is 35.1 Å². The van der Waals surface area contributed by atoms with Gasteiger partial charge in [0.05, 0.1) is 27.9 Å². The minimum Gasteiger partial charge on any atom is -0.495 e. The summed E-state index contributed by atoms with van der Waals surface area (Å²) in [6, 6.07) is 16.7. The zero-order valence-corrected chi connectivity index (χ0v) is 21.4. The molecule has 0 bridgehead atoms. The molecule has 0 aliphatic heterocycles. The van der Waals surface area contributed by atoms with Crippen LogP contribution in [-0.2, 0) is 21.9 Å². The Bertz CT molecular complexity index is 1570. The molecule has 0 atom stereocenters. The van der Waals surface area contributed by atoms with Crippen molar-refractivity contribution in [1.29, 1.82) is 0 Å². The SMILES string of the molecule is COc1ccc(C)cc1N(CC(=O)Nc1ccc2c(c1)sc(=O)n2C)S(=O)(=O)c1ccc(C)cc1. The quantitative estimate of drug-likeness (QED) is 0.404. The van der Waals surface area contributed by atoms with Crippen molar-refractivity contribution in [2.45, 2.75) is 18.7 Å². The molecule has 4 rings (SSSR count). The Hall–Kier alpha value is -3.63. The Balaban J connectivity index is 1.71. The highest BCUT2D eigenvalue weighted by Gasteiger charge is 2.29. The van der Waals surface area contributed by atoms with Gasteiger partial charge in [0.2, 0.25) is 5.91 Å². The molecule has 0 saturated heterocycles. The van der Waals surface area contributed by atoms with Gasteiger partial charge in [0.15, 0.2) is 0 Å². The number of anilines is 2. The second-order valence-electron chi connectivity index (χ2n) is 8.16. The molecule has 3 aromatic carbocycles. The number of aryl methyl sites for hydroxylation is 3. The molecular formula is C25H25N3O5S2. The van der Waals surface area contributed by atoms with Crippen LogP contribution in [0.4, 0.5) is 11.4 Å². The highest BCUT2D eigenvalue weighted by Crippen LogP contribution is 2.33. The average molecular weight is 512 g/mol. The molecule has 1 aromatic heterocycles. The molecule has 0 aliphatic rings. The van der Waals surface area contributed by atoms with Gasteiger partial charge in [0, 0.05) is 12.7 Å². The largest absolute Gasteiger partial charge is 0.495 e. The molecule has 1 amide bonds. The van der Waals surface area contributed by atoms with E-state index < -0.39 is 22.5 Å². The van der Waals surface area contributed by atoms with Gasteiger partial charge in [-0.05, 0) is 61.9 Å². The van der Waals surface area contributed by atoms with E-state index in [9.17, 15) is 18.0 Å². The molecule has 0 radical (unpaired) electrons. The van der Waals surface area contributed by atoms with Crippen molar-refractivity contribution in [2.24, 2.45) is 7.05 Å². The maximum Gasteiger partial charge on any atom is 0.307 e. The van der Waals surface area contributed by atoms with E-state index in [1.54, 1.807) is 55.6 Å². The highest BCUT2D eigenvalue weighted by atomic mass is 32.2. The van der Waals surface area contributed by atoms with E-state index in [1.807, 2.05) is 13.8 Å². The summed E-state index contributed by atoms with van der Waals surface area (Å²) in [6.45, 7) is 3.23. The molecule has 0 saturated carbocycles. The van der Waals surface area contributed by atoms with E-state index in [2.05, 4.69) is 5.32 Å². The van der Waals surface area contributed by atoms with Crippen molar-refractivity contribution >= 4 is 48.9 Å². The second kappa shape index (κ2) is 9.55. The fourth-order valence-electron chi connectivity index (χ4n) is 3.67. The number of carbonyl (C=O) groups excluding carboxylic acids is 1. The third kappa shape index (κ3) is 4.94. The summed E-state index contributed by atoms with van der Waals surface area (Å²) in [7, 11) is -0.962. The summed E-state index contributed by atoms with van der Waals surface area (Å²) in [5, 5.41) is 2.76. The van der Waals surface area contributed by atoms with Gasteiger partial charge in [0.1, 0.15) is 12.3 Å². The summed E-state index contributed by atoms with van der Waals surface area (Å²) in [6.07, 6.45) is 0. The maximum atomic E-state index is 13.7. The van der Waals surface area contributed by atoms with Gasteiger partial charge in [-0.25, -0.2) is 8.42 Å². The third-order valence-corrected chi connectivity index (χ3v) is 8.34. The molecule has 8 nitrogen and oxygen atoms in total. The Labute approximate surface area is 207 Å². The second-order valence-corrected chi connectivity index (χ2v) is 11.0. The molecule has 1 heterocycles. The fraction of sp³-hybridized carbons (Fsp3) is 0.200. The van der Waals surface area contributed by atoms with Crippen molar-refractivity contribution in [1.82, 2.24) is 4.57 Å². The maximum absolute atomic E-state index is 13.7. The number of thiazole rings is 1. The zero-order chi connectivity index (χ0) is 25.3. The smallest absolute Gasteiger partial charge is 0.307 e. The molecule has 0 aliphatic carbocycles. The Morgan fingerprint density at radius 2 is 1.71 bits per heavy atom. The summed E-state index contributed by atoms with van der Waals surface area (Å²) in [4.78, 5) is 25.0. The lowest BCUT2D eigenvalue weighted by Crippen LogP contribution is -2.38. The van der Waals surface area contributed by atoms with Crippen LogP contribution in [0.2, 0.25) is 0 Å². The zero-order valence-electron chi connectivity index (χ0n) is 19.7. The fourth-order valence-corrected chi connectivity index (χ4v) is 6.02. The van der Waals surface area contributed by atoms with Gasteiger partial charge in [-0.15, -0.1) is 0 Å². The first kappa shape index (κ1) is 24.5. The van der Waals surface area contributed by atoms with E-state index in [0.717, 1.165) is 37.0 Å². The molecular weight excluding hydrogens is 486 g/mol. The number of nitrogens with one attached hydrogen (secondary N) is 1. The summed E-state index contributed by atoms with van der Waals surface area (Å²) >= 11 is 1.07. The van der Waals surface area contributed by atoms with Crippen LogP contribution in [0, 0.1) is 13.8 Å². The number of aromatic nitrogens is 1. The molecule has 4 aromatic rings. The van der Waals surface area contributed by atoms with Crippen LogP contribution in [0.15, 0.2) is 70.4 Å². The van der Waals surface area contributed by atoms with Crippen molar-refractivity contribution < 1.29 is 17.9 Å². The number of ether oxygens (including phenoxy) is 1. The number of nitrogens with zero attached hydrogens (tertiary/aromatic N) is 2. The van der Waals surface area contributed by atoms with E-state index in [1.165, 1.54) is 23.8 Å². The monoisotopic (exact) mass is 511 g/mol. The minimum atomic E-state index is -4.09. The number of hydrogen-bond donors (Lipinski definition) is 1. The molecule has 10 heteroatoms. The Morgan fingerprint density at radius 3 is 2.40 bits per heavy atom. The van der Waals surface area contributed by atoms with E-state index in [0.29, 0.717) is 11.4 Å². The first-order valence-electron chi connectivity index (χ1n) is 10.7. The molecule has 0 unspecified atom stereocenters. The third-order valence-electron chi connectivity index (χ3n) is 5.58. The topological polar surface area (TPSA) is 97.7 Å². The van der Waals surface area contributed by atoms with E-state index in [-0.39, 0.29) is 15.5 Å². The lowest BCUT2D eigenvalue weighted by Gasteiger charge is -2.26. The number of fused-ring (bicyclic) bond motifs is 1. The molecule has 0 fully saturated rings. The number of hydrogen-bond acceptors (Lipinski definition) is 6. The summed E-state index contributed by atoms with van der Waals surface area (Å²) in [5.74, 6) is -0.207. The lowest BCUT2D eigenvalue weighted by atomic mass is 10.2. The van der Waals surface area contributed by atoms with Crippen LogP contribution in [0.25, 0.3) is 10.2 Å². The van der Waals surface area contributed by atoms with Crippen molar-refractivity contribution in [3.63, 3.8) is 0 Å². The first-order valence-corrected chi connectivity index (χ1v) is 13.0. The minimum absolute atomic E-state index is 0.0648. The van der Waals surface area contributed by atoms with Crippen LogP contribution in [0.3, 0.4) is 0 Å². The summed E-state index contributed by atoms with van der Waals surface area (Å²) < 4.78 is 36.1. The van der Waals surface area contributed by atoms with Crippen LogP contribution in [0.1, 0.15) is 11.1 Å². The number of sulfonamides is 1. The van der Waals surface area contributed by atoms with Crippen LogP contribution in [0.5, 0.6) is 5.75 Å². The average Bonchev–Trinajstić information content (AvgIpc) is 3.10. The highest BCUT2D eigenvalue weighted by molar-refractivity contribution is 7.92. The van der Waals surface area contributed by atoms with E-state index in [4.69, 9.17) is 4.74 Å². The van der Waals surface area contributed by atoms with Crippen molar-refractivity contribution in [2.75, 3.05) is 23.3 Å². The Morgan fingerprint density at radius 1 is 1.03 bits per heavy atom. The van der Waals surface area contributed by atoms with E-state index >= 15 is 0 Å². The number of methoxy groups -OCH3 is 1. The van der Waals surface area contributed by atoms with Gasteiger partial charge < -0.3 is 14.6 Å². The normalized spacial score (nSPS) is 11.4. The van der Waals surface area contributed by atoms with Gasteiger partial charge in [-0.2, -0.15) is 0 Å². The van der Waals surface area contributed by atoms with Gasteiger partial charge in [0.25, 0.3) is 10.0 Å². The Kier molecular flexibility index (Phi) is 6.68. The van der Waals surface area contributed by atoms with Crippen molar-refractivity contribution in [3.8, 4) is 5.75 Å². The van der Waals surface area contributed by atoms with Crippen LogP contribution in [-0.4, -0.2) is 32.5 Å². The van der Waals surface area contributed by atoms with Crippen LogP contribution >= 0.6 is 11.3 Å². The standard InChI is InChI=1S/C25H25N3O5S2/c1-16-5-9-19(10-6-16)35(31,32)28(21-13-17(2)7-12-22(21)33-4)15-24(29)26-18-8-11-20-23(14-18)34-25(30)27(20)3/h5-14H,15H2,1-4H3,(H,26,29). The number of amides is 1. The van der Waals surface area contributed by atoms with Gasteiger partial charge >= 0.3 is 4.87 Å². The predicted molar refractivity (Wildman–Crippen MR) is 139 cm³/mol. The number of carbonyl (C=O) groups is 1. The molecule has 0 spiro atoms. The predicted octanol–water partition coefficient (Wildman–Crippen LogP) is 4.06. The molecule has 182 valence electrons. The number of benzene rings is 3. The molecule has 35 heavy (non-hydrogen) atoms. The van der Waals surface area contributed by atoms with Crippen LogP contribution < -0.4 is 19.2 Å². The summed E-state index contributed by atoms with van der Waals surface area (Å²) in [5.41, 5.74) is 3.22. The van der Waals surface area contributed by atoms with Crippen molar-refractivity contribution in [3.05, 3.63) is 81.5 Å². The first-order chi connectivity index (χ1) is 16.6. The van der Waals surface area contributed by atoms with Gasteiger partial charge in [-0.3, -0.25) is 13.9 Å².